The van der Waals surface area contributed by atoms with E-state index in [-0.39, 0.29) is 6.23 Å². The lowest BCUT2D eigenvalue weighted by atomic mass is 9.81. The van der Waals surface area contributed by atoms with E-state index < -0.39 is 0 Å². The lowest BCUT2D eigenvalue weighted by molar-refractivity contribution is 0.0482. The summed E-state index contributed by atoms with van der Waals surface area (Å²) in [5.74, 6) is 0.999. The van der Waals surface area contributed by atoms with Crippen molar-refractivity contribution >= 4 is 21.6 Å². The largest absolute Gasteiger partial charge is 0.464 e. The third-order valence-electron chi connectivity index (χ3n) is 6.76. The molecule has 0 N–H and O–H groups in total. The van der Waals surface area contributed by atoms with Gasteiger partial charge in [-0.3, -0.25) is 0 Å². The molecule has 2 fully saturated rings. The number of ether oxygens (including phenoxy) is 1. The molecule has 2 saturated heterocycles. The smallest absolute Gasteiger partial charge is 0.199 e. The van der Waals surface area contributed by atoms with Gasteiger partial charge in [-0.2, -0.15) is 0 Å². The van der Waals surface area contributed by atoms with Gasteiger partial charge in [0.05, 0.1) is 5.69 Å². The molecule has 0 saturated carbocycles. The van der Waals surface area contributed by atoms with Crippen LogP contribution in [0.4, 0.5) is 5.69 Å². The molecule has 0 amide bonds. The molecule has 142 valence electrons. The Morgan fingerprint density at radius 3 is 2.37 bits per heavy atom. The zero-order chi connectivity index (χ0) is 18.5. The van der Waals surface area contributed by atoms with Crippen LogP contribution in [0.3, 0.4) is 0 Å². The van der Waals surface area contributed by atoms with E-state index in [4.69, 9.17) is 4.74 Å². The van der Waals surface area contributed by atoms with Gasteiger partial charge in [0.25, 0.3) is 0 Å². The SMILES string of the molecule is Cc1ccc(C2Oc3cc(Br)ccc3N2C2CC3CCCC(C2)N3C)cc1. The zero-order valence-corrected chi connectivity index (χ0v) is 17.7. The van der Waals surface area contributed by atoms with Gasteiger partial charge in [0.1, 0.15) is 5.75 Å². The van der Waals surface area contributed by atoms with Crippen LogP contribution in [-0.2, 0) is 0 Å². The van der Waals surface area contributed by atoms with Crippen molar-refractivity contribution in [2.75, 3.05) is 11.9 Å². The first-order valence-electron chi connectivity index (χ1n) is 10.1. The van der Waals surface area contributed by atoms with Gasteiger partial charge in [0.2, 0.25) is 0 Å². The van der Waals surface area contributed by atoms with E-state index in [1.807, 2.05) is 0 Å². The van der Waals surface area contributed by atoms with Crippen LogP contribution in [0, 0.1) is 6.92 Å². The van der Waals surface area contributed by atoms with Crippen molar-refractivity contribution in [3.05, 3.63) is 58.1 Å². The number of fused-ring (bicyclic) bond motifs is 3. The normalized spacial score (nSPS) is 30.1. The average molecular weight is 427 g/mol. The standard InChI is InChI=1S/C23H27BrN2O/c1-15-6-8-16(9-7-15)23-26(21-11-10-17(24)12-22(21)27-23)20-13-18-4-3-5-19(14-20)25(18)2/h6-12,18-20,23H,3-5,13-14H2,1-2H3. The molecule has 27 heavy (non-hydrogen) atoms. The molecule has 3 unspecified atom stereocenters. The van der Waals surface area contributed by atoms with Crippen LogP contribution in [0.15, 0.2) is 46.9 Å². The van der Waals surface area contributed by atoms with Crippen molar-refractivity contribution in [2.24, 2.45) is 0 Å². The summed E-state index contributed by atoms with van der Waals surface area (Å²) in [5.41, 5.74) is 3.78. The molecule has 2 bridgehead atoms. The maximum Gasteiger partial charge on any atom is 0.199 e. The fourth-order valence-electron chi connectivity index (χ4n) is 5.26. The van der Waals surface area contributed by atoms with Crippen LogP contribution in [-0.4, -0.2) is 30.1 Å². The number of nitrogens with zero attached hydrogens (tertiary/aromatic N) is 2. The van der Waals surface area contributed by atoms with Crippen LogP contribution in [0.5, 0.6) is 5.75 Å². The number of rotatable bonds is 2. The lowest BCUT2D eigenvalue weighted by Crippen LogP contribution is -2.55. The fraction of sp³-hybridized carbons (Fsp3) is 0.478. The maximum absolute atomic E-state index is 6.51. The number of hydrogen-bond donors (Lipinski definition) is 0. The number of piperidine rings is 2. The van der Waals surface area contributed by atoms with E-state index in [1.165, 1.54) is 48.9 Å². The second kappa shape index (κ2) is 6.82. The van der Waals surface area contributed by atoms with Crippen molar-refractivity contribution in [3.63, 3.8) is 0 Å². The van der Waals surface area contributed by atoms with Crippen molar-refractivity contribution in [3.8, 4) is 5.75 Å². The molecule has 2 aromatic rings. The molecular weight excluding hydrogens is 400 g/mol. The summed E-state index contributed by atoms with van der Waals surface area (Å²) in [7, 11) is 2.33. The summed E-state index contributed by atoms with van der Waals surface area (Å²) in [6.07, 6.45) is 6.49. The predicted octanol–water partition coefficient (Wildman–Crippen LogP) is 5.67. The van der Waals surface area contributed by atoms with Crippen molar-refractivity contribution in [2.45, 2.75) is 63.4 Å². The predicted molar refractivity (Wildman–Crippen MR) is 113 cm³/mol. The third-order valence-corrected chi connectivity index (χ3v) is 7.26. The van der Waals surface area contributed by atoms with Crippen molar-refractivity contribution in [1.82, 2.24) is 4.90 Å². The van der Waals surface area contributed by atoms with Gasteiger partial charge < -0.3 is 14.5 Å². The first-order chi connectivity index (χ1) is 13.1. The molecule has 3 atom stereocenters. The highest BCUT2D eigenvalue weighted by Crippen LogP contribution is 2.49. The van der Waals surface area contributed by atoms with Gasteiger partial charge in [-0.1, -0.05) is 52.2 Å². The molecule has 0 radical (unpaired) electrons. The summed E-state index contributed by atoms with van der Waals surface area (Å²) in [6, 6.07) is 17.3. The van der Waals surface area contributed by atoms with Gasteiger partial charge in [-0.25, -0.2) is 0 Å². The van der Waals surface area contributed by atoms with Crippen LogP contribution in [0.2, 0.25) is 0 Å². The van der Waals surface area contributed by atoms with Crippen molar-refractivity contribution < 1.29 is 4.74 Å². The zero-order valence-electron chi connectivity index (χ0n) is 16.1. The van der Waals surface area contributed by atoms with Gasteiger partial charge in [-0.05, 0) is 57.9 Å². The number of halogens is 1. The third kappa shape index (κ3) is 3.07. The second-order valence-corrected chi connectivity index (χ2v) is 9.35. The first kappa shape index (κ1) is 17.6. The Labute approximate surface area is 170 Å². The molecule has 0 aliphatic carbocycles. The summed E-state index contributed by atoms with van der Waals surface area (Å²) >= 11 is 3.61. The molecule has 0 aromatic heterocycles. The minimum absolute atomic E-state index is 0.0240. The lowest BCUT2D eigenvalue weighted by Gasteiger charge is -2.50. The quantitative estimate of drug-likeness (QED) is 0.614. The van der Waals surface area contributed by atoms with E-state index in [1.54, 1.807) is 0 Å². The van der Waals surface area contributed by atoms with Crippen LogP contribution in [0.1, 0.15) is 49.5 Å². The number of hydrogen-bond acceptors (Lipinski definition) is 3. The van der Waals surface area contributed by atoms with Crippen molar-refractivity contribution in [1.29, 1.82) is 0 Å². The molecule has 4 heteroatoms. The van der Waals surface area contributed by atoms with E-state index in [0.717, 1.165) is 10.2 Å². The molecule has 3 aliphatic heterocycles. The van der Waals surface area contributed by atoms with E-state index >= 15 is 0 Å². The Kier molecular flexibility index (Phi) is 4.44. The Morgan fingerprint density at radius 2 is 1.67 bits per heavy atom. The van der Waals surface area contributed by atoms with Crippen LogP contribution in [0.25, 0.3) is 0 Å². The summed E-state index contributed by atoms with van der Waals surface area (Å²) in [4.78, 5) is 5.21. The minimum Gasteiger partial charge on any atom is -0.464 e. The highest BCUT2D eigenvalue weighted by Gasteiger charge is 2.43. The Hall–Kier alpha value is -1.52. The van der Waals surface area contributed by atoms with Gasteiger partial charge in [0.15, 0.2) is 6.23 Å². The van der Waals surface area contributed by atoms with Gasteiger partial charge in [-0.15, -0.1) is 0 Å². The highest BCUT2D eigenvalue weighted by atomic mass is 79.9. The Morgan fingerprint density at radius 1 is 0.963 bits per heavy atom. The van der Waals surface area contributed by atoms with Crippen LogP contribution < -0.4 is 9.64 Å². The Balaban J connectivity index is 1.53. The first-order valence-corrected chi connectivity index (χ1v) is 10.9. The van der Waals surface area contributed by atoms with E-state index in [2.05, 4.69) is 82.2 Å². The topological polar surface area (TPSA) is 15.7 Å². The molecule has 2 aromatic carbocycles. The summed E-state index contributed by atoms with van der Waals surface area (Å²) in [6.45, 7) is 2.14. The number of aryl methyl sites for hydroxylation is 1. The number of benzene rings is 2. The summed E-state index contributed by atoms with van der Waals surface area (Å²) < 4.78 is 7.59. The molecular formula is C23H27BrN2O. The monoisotopic (exact) mass is 426 g/mol. The van der Waals surface area contributed by atoms with E-state index in [0.29, 0.717) is 18.1 Å². The molecule has 3 heterocycles. The number of anilines is 1. The molecule has 5 rings (SSSR count). The van der Waals surface area contributed by atoms with E-state index in [9.17, 15) is 0 Å². The second-order valence-electron chi connectivity index (χ2n) is 8.43. The Bertz CT molecular complexity index is 823. The average Bonchev–Trinajstić information content (AvgIpc) is 3.00. The van der Waals surface area contributed by atoms with Crippen LogP contribution >= 0.6 is 15.9 Å². The maximum atomic E-state index is 6.51. The molecule has 0 spiro atoms. The van der Waals surface area contributed by atoms with Gasteiger partial charge in [0, 0.05) is 28.2 Å². The minimum atomic E-state index is -0.0240. The molecule has 3 nitrogen and oxygen atoms in total. The highest BCUT2D eigenvalue weighted by molar-refractivity contribution is 9.10. The molecule has 3 aliphatic rings. The van der Waals surface area contributed by atoms with Gasteiger partial charge >= 0.3 is 0 Å². The summed E-state index contributed by atoms with van der Waals surface area (Å²) in [5, 5.41) is 0. The fourth-order valence-corrected chi connectivity index (χ4v) is 5.60.